The molecule has 3 heteroatoms. The van der Waals surface area contributed by atoms with E-state index in [-0.39, 0.29) is 0 Å². The molecule has 19 heavy (non-hydrogen) atoms. The van der Waals surface area contributed by atoms with Gasteiger partial charge in [0.1, 0.15) is 0 Å². The van der Waals surface area contributed by atoms with E-state index in [2.05, 4.69) is 47.3 Å². The molecule has 2 heterocycles. The SMILES string of the molecule is Cc1ccc(C)c(CCC2NCCc3[nH]cnc32)c1. The summed E-state index contributed by atoms with van der Waals surface area (Å²) >= 11 is 0. The number of hydrogen-bond donors (Lipinski definition) is 2. The minimum Gasteiger partial charge on any atom is -0.348 e. The lowest BCUT2D eigenvalue weighted by Gasteiger charge is -2.23. The van der Waals surface area contributed by atoms with Gasteiger partial charge in [-0.05, 0) is 37.8 Å². The molecule has 3 rings (SSSR count). The van der Waals surface area contributed by atoms with Crippen LogP contribution >= 0.6 is 0 Å². The Labute approximate surface area is 114 Å². The van der Waals surface area contributed by atoms with Crippen LogP contribution < -0.4 is 5.32 Å². The summed E-state index contributed by atoms with van der Waals surface area (Å²) < 4.78 is 0. The second kappa shape index (κ2) is 5.17. The first-order chi connectivity index (χ1) is 9.24. The van der Waals surface area contributed by atoms with Crippen molar-refractivity contribution in [1.29, 1.82) is 0 Å². The van der Waals surface area contributed by atoms with Crippen molar-refractivity contribution in [2.24, 2.45) is 0 Å². The van der Waals surface area contributed by atoms with Crippen molar-refractivity contribution in [3.63, 3.8) is 0 Å². The van der Waals surface area contributed by atoms with Crippen molar-refractivity contribution in [3.8, 4) is 0 Å². The van der Waals surface area contributed by atoms with Gasteiger partial charge in [-0.2, -0.15) is 0 Å². The molecular formula is C16H21N3. The van der Waals surface area contributed by atoms with E-state index < -0.39 is 0 Å². The highest BCUT2D eigenvalue weighted by Crippen LogP contribution is 2.24. The first-order valence-electron chi connectivity index (χ1n) is 7.05. The number of H-pyrrole nitrogens is 1. The van der Waals surface area contributed by atoms with Gasteiger partial charge < -0.3 is 10.3 Å². The predicted molar refractivity (Wildman–Crippen MR) is 77.3 cm³/mol. The summed E-state index contributed by atoms with van der Waals surface area (Å²) in [5, 5.41) is 3.58. The molecule has 0 saturated carbocycles. The van der Waals surface area contributed by atoms with Crippen LogP contribution in [0.4, 0.5) is 0 Å². The lowest BCUT2D eigenvalue weighted by Crippen LogP contribution is -2.30. The Kier molecular flexibility index (Phi) is 3.38. The normalized spacial score (nSPS) is 18.3. The molecule has 1 unspecified atom stereocenters. The van der Waals surface area contributed by atoms with Crippen LogP contribution in [0.15, 0.2) is 24.5 Å². The minimum absolute atomic E-state index is 0.398. The van der Waals surface area contributed by atoms with E-state index in [0.717, 1.165) is 25.8 Å². The standard InChI is InChI=1S/C16H21N3/c1-11-3-4-12(2)13(9-11)5-6-14-16-15(7-8-17-14)18-10-19-16/h3-4,9-10,14,17H,5-8H2,1-2H3,(H,18,19). The Bertz CT molecular complexity index is 571. The molecule has 0 saturated heterocycles. The third kappa shape index (κ3) is 2.56. The molecule has 1 aliphatic rings. The Balaban J connectivity index is 1.72. The average Bonchev–Trinajstić information content (AvgIpc) is 2.88. The number of aryl methyl sites for hydroxylation is 3. The van der Waals surface area contributed by atoms with Crippen molar-refractivity contribution >= 4 is 0 Å². The van der Waals surface area contributed by atoms with Crippen LogP contribution in [0.5, 0.6) is 0 Å². The molecule has 2 N–H and O–H groups in total. The van der Waals surface area contributed by atoms with E-state index in [1.54, 1.807) is 0 Å². The van der Waals surface area contributed by atoms with Gasteiger partial charge in [-0.3, -0.25) is 0 Å². The number of nitrogens with zero attached hydrogens (tertiary/aromatic N) is 1. The average molecular weight is 255 g/mol. The van der Waals surface area contributed by atoms with Gasteiger partial charge in [0, 0.05) is 18.7 Å². The fourth-order valence-electron chi connectivity index (χ4n) is 2.91. The summed E-state index contributed by atoms with van der Waals surface area (Å²) in [5.74, 6) is 0. The molecule has 1 aromatic heterocycles. The molecular weight excluding hydrogens is 234 g/mol. The van der Waals surface area contributed by atoms with Gasteiger partial charge >= 0.3 is 0 Å². The minimum atomic E-state index is 0.398. The smallest absolute Gasteiger partial charge is 0.0925 e. The van der Waals surface area contributed by atoms with E-state index >= 15 is 0 Å². The molecule has 1 aromatic carbocycles. The molecule has 1 aliphatic heterocycles. The Morgan fingerprint density at radius 1 is 1.32 bits per heavy atom. The monoisotopic (exact) mass is 255 g/mol. The third-order valence-electron chi connectivity index (χ3n) is 4.05. The summed E-state index contributed by atoms with van der Waals surface area (Å²) in [4.78, 5) is 7.73. The first kappa shape index (κ1) is 12.4. The number of nitrogens with one attached hydrogen (secondary N) is 2. The molecule has 2 aromatic rings. The zero-order valence-corrected chi connectivity index (χ0v) is 11.7. The highest BCUT2D eigenvalue weighted by molar-refractivity contribution is 5.31. The maximum absolute atomic E-state index is 4.47. The zero-order chi connectivity index (χ0) is 13.2. The lowest BCUT2D eigenvalue weighted by atomic mass is 9.95. The fourth-order valence-corrected chi connectivity index (χ4v) is 2.91. The van der Waals surface area contributed by atoms with Crippen LogP contribution in [-0.2, 0) is 12.8 Å². The maximum atomic E-state index is 4.47. The predicted octanol–water partition coefficient (Wildman–Crippen LogP) is 2.85. The van der Waals surface area contributed by atoms with Crippen LogP contribution in [0.25, 0.3) is 0 Å². The summed E-state index contributed by atoms with van der Waals surface area (Å²) in [5.41, 5.74) is 6.73. The van der Waals surface area contributed by atoms with Gasteiger partial charge in [-0.15, -0.1) is 0 Å². The van der Waals surface area contributed by atoms with Gasteiger partial charge in [0.2, 0.25) is 0 Å². The largest absolute Gasteiger partial charge is 0.348 e. The van der Waals surface area contributed by atoms with Crippen LogP contribution in [-0.4, -0.2) is 16.5 Å². The molecule has 0 radical (unpaired) electrons. The van der Waals surface area contributed by atoms with Crippen molar-refractivity contribution in [3.05, 3.63) is 52.6 Å². The van der Waals surface area contributed by atoms with Gasteiger partial charge in [-0.25, -0.2) is 4.98 Å². The van der Waals surface area contributed by atoms with E-state index in [4.69, 9.17) is 0 Å². The third-order valence-corrected chi connectivity index (χ3v) is 4.05. The summed E-state index contributed by atoms with van der Waals surface area (Å²) in [6.07, 6.45) is 5.11. The molecule has 0 aliphatic carbocycles. The molecule has 0 spiro atoms. The number of hydrogen-bond acceptors (Lipinski definition) is 2. The Morgan fingerprint density at radius 2 is 2.21 bits per heavy atom. The van der Waals surface area contributed by atoms with E-state index in [1.807, 2.05) is 6.33 Å². The van der Waals surface area contributed by atoms with Crippen molar-refractivity contribution in [1.82, 2.24) is 15.3 Å². The molecule has 0 bridgehead atoms. The van der Waals surface area contributed by atoms with E-state index in [1.165, 1.54) is 28.1 Å². The maximum Gasteiger partial charge on any atom is 0.0925 e. The van der Waals surface area contributed by atoms with Gasteiger partial charge in [0.25, 0.3) is 0 Å². The van der Waals surface area contributed by atoms with Gasteiger partial charge in [0.05, 0.1) is 18.1 Å². The highest BCUT2D eigenvalue weighted by atomic mass is 15.0. The van der Waals surface area contributed by atoms with E-state index in [9.17, 15) is 0 Å². The van der Waals surface area contributed by atoms with Crippen molar-refractivity contribution < 1.29 is 0 Å². The summed E-state index contributed by atoms with van der Waals surface area (Å²) in [7, 11) is 0. The first-order valence-corrected chi connectivity index (χ1v) is 7.05. The van der Waals surface area contributed by atoms with Crippen LogP contribution in [0, 0.1) is 13.8 Å². The fraction of sp³-hybridized carbons (Fsp3) is 0.438. The number of benzene rings is 1. The van der Waals surface area contributed by atoms with Crippen LogP contribution in [0.2, 0.25) is 0 Å². The zero-order valence-electron chi connectivity index (χ0n) is 11.7. The number of fused-ring (bicyclic) bond motifs is 1. The number of rotatable bonds is 3. The second-order valence-electron chi connectivity index (χ2n) is 5.49. The second-order valence-corrected chi connectivity index (χ2v) is 5.49. The van der Waals surface area contributed by atoms with Crippen LogP contribution in [0.3, 0.4) is 0 Å². The van der Waals surface area contributed by atoms with Crippen LogP contribution in [0.1, 0.15) is 40.5 Å². The lowest BCUT2D eigenvalue weighted by molar-refractivity contribution is 0.464. The topological polar surface area (TPSA) is 40.7 Å². The number of imidazole rings is 1. The number of aromatic amines is 1. The highest BCUT2D eigenvalue weighted by Gasteiger charge is 2.21. The molecule has 0 amide bonds. The summed E-state index contributed by atoms with van der Waals surface area (Å²) in [6, 6.07) is 7.11. The molecule has 100 valence electrons. The quantitative estimate of drug-likeness (QED) is 0.885. The summed E-state index contributed by atoms with van der Waals surface area (Å²) in [6.45, 7) is 5.41. The van der Waals surface area contributed by atoms with Gasteiger partial charge in [0.15, 0.2) is 0 Å². The Morgan fingerprint density at radius 3 is 3.11 bits per heavy atom. The molecule has 3 nitrogen and oxygen atoms in total. The van der Waals surface area contributed by atoms with Gasteiger partial charge in [-0.1, -0.05) is 23.8 Å². The molecule has 0 fully saturated rings. The van der Waals surface area contributed by atoms with Crippen molar-refractivity contribution in [2.75, 3.05) is 6.54 Å². The van der Waals surface area contributed by atoms with E-state index in [0.29, 0.717) is 6.04 Å². The van der Waals surface area contributed by atoms with Crippen molar-refractivity contribution in [2.45, 2.75) is 39.2 Å². The number of aromatic nitrogens is 2. The molecule has 1 atom stereocenters. The Hall–Kier alpha value is -1.61.